The summed E-state index contributed by atoms with van der Waals surface area (Å²) in [6.07, 6.45) is 3.74. The number of benzene rings is 1. The van der Waals surface area contributed by atoms with E-state index >= 15 is 0 Å². The molecule has 22 heavy (non-hydrogen) atoms. The Balaban J connectivity index is 2.26. The van der Waals surface area contributed by atoms with Crippen LogP contribution in [0.25, 0.3) is 0 Å². The van der Waals surface area contributed by atoms with Gasteiger partial charge in [-0.05, 0) is 36.2 Å². The maximum absolute atomic E-state index is 12.6. The smallest absolute Gasteiger partial charge is 0.233 e. The largest absolute Gasteiger partial charge is 0.497 e. The SMILES string of the molecule is CCCCNC(=O)C(c1ccc(OC)cc1)c1ccccn1. The number of nitrogens with one attached hydrogen (secondary N) is 1. The Morgan fingerprint density at radius 3 is 2.59 bits per heavy atom. The molecule has 0 radical (unpaired) electrons. The summed E-state index contributed by atoms with van der Waals surface area (Å²) in [6.45, 7) is 2.79. The summed E-state index contributed by atoms with van der Waals surface area (Å²) in [5.41, 5.74) is 1.66. The molecule has 1 unspecified atom stereocenters. The number of methoxy groups -OCH3 is 1. The Morgan fingerprint density at radius 1 is 1.23 bits per heavy atom. The van der Waals surface area contributed by atoms with Crippen molar-refractivity contribution in [1.29, 1.82) is 0 Å². The predicted molar refractivity (Wildman–Crippen MR) is 87.0 cm³/mol. The lowest BCUT2D eigenvalue weighted by Crippen LogP contribution is -2.31. The zero-order valence-electron chi connectivity index (χ0n) is 13.1. The van der Waals surface area contributed by atoms with E-state index in [4.69, 9.17) is 4.74 Å². The van der Waals surface area contributed by atoms with Gasteiger partial charge in [-0.3, -0.25) is 9.78 Å². The Bertz CT molecular complexity index is 582. The predicted octanol–water partition coefficient (Wildman–Crippen LogP) is 3.14. The lowest BCUT2D eigenvalue weighted by Gasteiger charge is -2.17. The summed E-state index contributed by atoms with van der Waals surface area (Å²) in [5, 5.41) is 3.00. The number of ether oxygens (including phenoxy) is 1. The number of rotatable bonds is 7. The normalized spacial score (nSPS) is 11.7. The van der Waals surface area contributed by atoms with Crippen LogP contribution in [-0.2, 0) is 4.79 Å². The van der Waals surface area contributed by atoms with Gasteiger partial charge in [-0.25, -0.2) is 0 Å². The highest BCUT2D eigenvalue weighted by molar-refractivity contribution is 5.86. The van der Waals surface area contributed by atoms with Crippen LogP contribution in [0.3, 0.4) is 0 Å². The van der Waals surface area contributed by atoms with E-state index in [1.807, 2.05) is 42.5 Å². The number of amides is 1. The van der Waals surface area contributed by atoms with E-state index in [9.17, 15) is 4.79 Å². The van der Waals surface area contributed by atoms with Gasteiger partial charge < -0.3 is 10.1 Å². The molecular formula is C18H22N2O2. The third-order valence-corrected chi connectivity index (χ3v) is 3.52. The van der Waals surface area contributed by atoms with Crippen LogP contribution in [0.5, 0.6) is 5.75 Å². The first kappa shape index (κ1) is 16.0. The molecule has 0 bridgehead atoms. The summed E-state index contributed by atoms with van der Waals surface area (Å²) in [5.74, 6) is 0.358. The van der Waals surface area contributed by atoms with Gasteiger partial charge in [0.15, 0.2) is 0 Å². The van der Waals surface area contributed by atoms with Crippen molar-refractivity contribution in [2.75, 3.05) is 13.7 Å². The van der Waals surface area contributed by atoms with Crippen molar-refractivity contribution in [2.24, 2.45) is 0 Å². The molecule has 4 nitrogen and oxygen atoms in total. The van der Waals surface area contributed by atoms with Gasteiger partial charge in [-0.1, -0.05) is 31.5 Å². The molecule has 0 saturated carbocycles. The van der Waals surface area contributed by atoms with Crippen LogP contribution in [0.2, 0.25) is 0 Å². The molecule has 116 valence electrons. The van der Waals surface area contributed by atoms with Crippen LogP contribution in [0.4, 0.5) is 0 Å². The van der Waals surface area contributed by atoms with Crippen molar-refractivity contribution < 1.29 is 9.53 Å². The summed E-state index contributed by atoms with van der Waals surface area (Å²) < 4.78 is 5.18. The molecule has 1 heterocycles. The second kappa shape index (κ2) is 8.17. The number of carbonyl (C=O) groups excluding carboxylic acids is 1. The van der Waals surface area contributed by atoms with E-state index in [1.165, 1.54) is 0 Å². The summed E-state index contributed by atoms with van der Waals surface area (Å²) in [7, 11) is 1.63. The average Bonchev–Trinajstić information content (AvgIpc) is 2.57. The Hall–Kier alpha value is -2.36. The Morgan fingerprint density at radius 2 is 2.00 bits per heavy atom. The van der Waals surface area contributed by atoms with Gasteiger partial charge in [0.05, 0.1) is 12.8 Å². The number of pyridine rings is 1. The van der Waals surface area contributed by atoms with Crippen LogP contribution in [0, 0.1) is 0 Å². The minimum atomic E-state index is -0.399. The van der Waals surface area contributed by atoms with E-state index < -0.39 is 5.92 Å². The molecule has 2 rings (SSSR count). The van der Waals surface area contributed by atoms with Gasteiger partial charge >= 0.3 is 0 Å². The van der Waals surface area contributed by atoms with E-state index in [-0.39, 0.29) is 5.91 Å². The first-order valence-corrected chi connectivity index (χ1v) is 7.59. The maximum Gasteiger partial charge on any atom is 0.233 e. The molecule has 0 saturated heterocycles. The number of hydrogen-bond donors (Lipinski definition) is 1. The van der Waals surface area contributed by atoms with Gasteiger partial charge in [0.25, 0.3) is 0 Å². The third-order valence-electron chi connectivity index (χ3n) is 3.52. The molecule has 0 fully saturated rings. The van der Waals surface area contributed by atoms with Crippen LogP contribution >= 0.6 is 0 Å². The third kappa shape index (κ3) is 4.07. The lowest BCUT2D eigenvalue weighted by atomic mass is 9.94. The minimum Gasteiger partial charge on any atom is -0.497 e. The average molecular weight is 298 g/mol. The van der Waals surface area contributed by atoms with E-state index in [0.717, 1.165) is 29.8 Å². The van der Waals surface area contributed by atoms with Crippen LogP contribution in [-0.4, -0.2) is 24.5 Å². The van der Waals surface area contributed by atoms with Crippen molar-refractivity contribution in [3.05, 3.63) is 59.9 Å². The summed E-state index contributed by atoms with van der Waals surface area (Å²) in [4.78, 5) is 16.9. The number of unbranched alkanes of at least 4 members (excludes halogenated alkanes) is 1. The van der Waals surface area contributed by atoms with Gasteiger partial charge in [0.1, 0.15) is 11.7 Å². The van der Waals surface area contributed by atoms with Crippen molar-refractivity contribution in [1.82, 2.24) is 10.3 Å². The van der Waals surface area contributed by atoms with Crippen molar-refractivity contribution in [3.63, 3.8) is 0 Å². The molecule has 2 aromatic rings. The first-order valence-electron chi connectivity index (χ1n) is 7.59. The molecule has 0 aliphatic rings. The van der Waals surface area contributed by atoms with Gasteiger partial charge in [-0.15, -0.1) is 0 Å². The zero-order chi connectivity index (χ0) is 15.8. The van der Waals surface area contributed by atoms with E-state index in [2.05, 4.69) is 17.2 Å². The molecule has 0 aliphatic heterocycles. The number of carbonyl (C=O) groups is 1. The van der Waals surface area contributed by atoms with E-state index in [0.29, 0.717) is 6.54 Å². The van der Waals surface area contributed by atoms with Crippen molar-refractivity contribution in [3.8, 4) is 5.75 Å². The highest BCUT2D eigenvalue weighted by Crippen LogP contribution is 2.25. The molecule has 1 aromatic heterocycles. The van der Waals surface area contributed by atoms with Gasteiger partial charge in [-0.2, -0.15) is 0 Å². The first-order chi connectivity index (χ1) is 10.8. The summed E-state index contributed by atoms with van der Waals surface area (Å²) in [6, 6.07) is 13.2. The second-order valence-electron chi connectivity index (χ2n) is 5.11. The highest BCUT2D eigenvalue weighted by atomic mass is 16.5. The fourth-order valence-corrected chi connectivity index (χ4v) is 2.29. The monoisotopic (exact) mass is 298 g/mol. The topological polar surface area (TPSA) is 51.2 Å². The molecule has 1 atom stereocenters. The molecule has 1 amide bonds. The molecule has 1 aromatic carbocycles. The number of hydrogen-bond acceptors (Lipinski definition) is 3. The second-order valence-corrected chi connectivity index (χ2v) is 5.11. The minimum absolute atomic E-state index is 0.0164. The molecule has 0 spiro atoms. The molecular weight excluding hydrogens is 276 g/mol. The van der Waals surface area contributed by atoms with E-state index in [1.54, 1.807) is 13.3 Å². The standard InChI is InChI=1S/C18H22N2O2/c1-3-4-12-20-18(21)17(16-7-5-6-13-19-16)14-8-10-15(22-2)11-9-14/h5-11,13,17H,3-4,12H2,1-2H3,(H,20,21). The highest BCUT2D eigenvalue weighted by Gasteiger charge is 2.23. The lowest BCUT2D eigenvalue weighted by molar-refractivity contribution is -0.121. The Kier molecular flexibility index (Phi) is 5.95. The number of aromatic nitrogens is 1. The number of nitrogens with zero attached hydrogens (tertiary/aromatic N) is 1. The quantitative estimate of drug-likeness (QED) is 0.799. The van der Waals surface area contributed by atoms with Crippen LogP contribution in [0.15, 0.2) is 48.7 Å². The fraction of sp³-hybridized carbons (Fsp3) is 0.333. The van der Waals surface area contributed by atoms with Crippen molar-refractivity contribution in [2.45, 2.75) is 25.7 Å². The molecule has 1 N–H and O–H groups in total. The van der Waals surface area contributed by atoms with Gasteiger partial charge in [0, 0.05) is 12.7 Å². The van der Waals surface area contributed by atoms with Crippen LogP contribution in [0.1, 0.15) is 36.9 Å². The van der Waals surface area contributed by atoms with Crippen molar-refractivity contribution >= 4 is 5.91 Å². The summed E-state index contributed by atoms with van der Waals surface area (Å²) >= 11 is 0. The molecule has 4 heteroatoms. The fourth-order valence-electron chi connectivity index (χ4n) is 2.29. The zero-order valence-corrected chi connectivity index (χ0v) is 13.1. The van der Waals surface area contributed by atoms with Gasteiger partial charge in [0.2, 0.25) is 5.91 Å². The molecule has 0 aliphatic carbocycles. The van der Waals surface area contributed by atoms with Crippen LogP contribution < -0.4 is 10.1 Å². The maximum atomic E-state index is 12.6. The Labute approximate surface area is 131 Å².